The van der Waals surface area contributed by atoms with Crippen LogP contribution in [0.2, 0.25) is 0 Å². The van der Waals surface area contributed by atoms with Gasteiger partial charge in [0, 0.05) is 58.4 Å². The molecular formula is C14H26N4O. The number of hydrogen-bond acceptors (Lipinski definition) is 4. The van der Waals surface area contributed by atoms with Crippen LogP contribution in [0.4, 0.5) is 0 Å². The van der Waals surface area contributed by atoms with Gasteiger partial charge in [-0.15, -0.1) is 0 Å². The summed E-state index contributed by atoms with van der Waals surface area (Å²) in [5.74, 6) is 0.344. The summed E-state index contributed by atoms with van der Waals surface area (Å²) in [6.45, 7) is 10.6. The number of likely N-dealkylation sites (tertiary alicyclic amines) is 1. The molecule has 5 nitrogen and oxygen atoms in total. The second-order valence-electron chi connectivity index (χ2n) is 6.09. The van der Waals surface area contributed by atoms with E-state index in [0.717, 1.165) is 58.4 Å². The normalized spacial score (nSPS) is 28.4. The van der Waals surface area contributed by atoms with Gasteiger partial charge in [-0.25, -0.2) is 0 Å². The summed E-state index contributed by atoms with van der Waals surface area (Å²) in [5.41, 5.74) is 0. The lowest BCUT2D eigenvalue weighted by Crippen LogP contribution is -2.63. The number of rotatable bonds is 3. The molecule has 1 N–H and O–H groups in total. The van der Waals surface area contributed by atoms with Crippen molar-refractivity contribution in [2.75, 3.05) is 52.4 Å². The molecule has 3 heterocycles. The molecule has 0 bridgehead atoms. The highest BCUT2D eigenvalue weighted by Gasteiger charge is 2.32. The zero-order valence-corrected chi connectivity index (χ0v) is 12.0. The summed E-state index contributed by atoms with van der Waals surface area (Å²) in [6, 6.07) is 0.812. The Balaban J connectivity index is 1.48. The Bertz CT molecular complexity index is 317. The van der Waals surface area contributed by atoms with Gasteiger partial charge in [0.1, 0.15) is 0 Å². The number of nitrogens with zero attached hydrogens (tertiary/aromatic N) is 3. The van der Waals surface area contributed by atoms with Gasteiger partial charge in [0.15, 0.2) is 0 Å². The maximum absolute atomic E-state index is 12.4. The smallest absolute Gasteiger partial charge is 0.239 e. The lowest BCUT2D eigenvalue weighted by atomic mass is 10.1. The van der Waals surface area contributed by atoms with Crippen LogP contribution in [0, 0.1) is 0 Å². The first-order valence-corrected chi connectivity index (χ1v) is 7.73. The fourth-order valence-electron chi connectivity index (χ4n) is 3.38. The number of carbonyl (C=O) groups excluding carboxylic acids is 1. The highest BCUT2D eigenvalue weighted by atomic mass is 16.2. The van der Waals surface area contributed by atoms with E-state index >= 15 is 0 Å². The molecule has 1 amide bonds. The van der Waals surface area contributed by atoms with Gasteiger partial charge < -0.3 is 10.2 Å². The van der Waals surface area contributed by atoms with Gasteiger partial charge in [-0.05, 0) is 19.8 Å². The lowest BCUT2D eigenvalue weighted by Gasteiger charge is -2.44. The average molecular weight is 266 g/mol. The second kappa shape index (κ2) is 5.77. The predicted molar refractivity (Wildman–Crippen MR) is 75.1 cm³/mol. The number of piperazine rings is 1. The van der Waals surface area contributed by atoms with E-state index in [1.54, 1.807) is 0 Å². The van der Waals surface area contributed by atoms with Gasteiger partial charge in [-0.3, -0.25) is 14.6 Å². The third-order valence-electron chi connectivity index (χ3n) is 4.95. The van der Waals surface area contributed by atoms with E-state index in [1.165, 1.54) is 12.8 Å². The largest absolute Gasteiger partial charge is 0.341 e. The number of nitrogens with one attached hydrogen (secondary N) is 1. The fraction of sp³-hybridized carbons (Fsp3) is 0.929. The zero-order valence-electron chi connectivity index (χ0n) is 12.0. The molecule has 3 rings (SSSR count). The van der Waals surface area contributed by atoms with Crippen molar-refractivity contribution < 1.29 is 4.79 Å². The fourth-order valence-corrected chi connectivity index (χ4v) is 3.38. The molecule has 0 spiro atoms. The molecule has 0 saturated carbocycles. The van der Waals surface area contributed by atoms with Crippen molar-refractivity contribution in [1.82, 2.24) is 20.0 Å². The molecule has 1 atom stereocenters. The summed E-state index contributed by atoms with van der Waals surface area (Å²) in [4.78, 5) is 19.4. The molecular weight excluding hydrogens is 240 g/mol. The molecule has 5 heteroatoms. The quantitative estimate of drug-likeness (QED) is 0.753. The SMILES string of the molecule is CC(C(=O)N1CCCC1)N1CCN(C2CNC2)CC1. The third-order valence-corrected chi connectivity index (χ3v) is 4.95. The molecule has 19 heavy (non-hydrogen) atoms. The molecule has 0 radical (unpaired) electrons. The van der Waals surface area contributed by atoms with E-state index in [2.05, 4.69) is 22.0 Å². The van der Waals surface area contributed by atoms with E-state index in [9.17, 15) is 4.79 Å². The van der Waals surface area contributed by atoms with Crippen molar-refractivity contribution in [3.63, 3.8) is 0 Å². The second-order valence-corrected chi connectivity index (χ2v) is 6.09. The molecule has 0 aromatic heterocycles. The Morgan fingerprint density at radius 2 is 1.68 bits per heavy atom. The summed E-state index contributed by atoms with van der Waals surface area (Å²) in [7, 11) is 0. The van der Waals surface area contributed by atoms with Gasteiger partial charge in [-0.1, -0.05) is 0 Å². The highest BCUT2D eigenvalue weighted by Crippen LogP contribution is 2.15. The van der Waals surface area contributed by atoms with Crippen LogP contribution in [0.1, 0.15) is 19.8 Å². The molecule has 0 aromatic rings. The maximum Gasteiger partial charge on any atom is 0.239 e. The van der Waals surface area contributed by atoms with Gasteiger partial charge in [0.25, 0.3) is 0 Å². The van der Waals surface area contributed by atoms with E-state index < -0.39 is 0 Å². The van der Waals surface area contributed by atoms with Crippen molar-refractivity contribution >= 4 is 5.91 Å². The number of carbonyl (C=O) groups is 1. The van der Waals surface area contributed by atoms with Crippen LogP contribution in [-0.4, -0.2) is 85.0 Å². The summed E-state index contributed by atoms with van der Waals surface area (Å²) in [5, 5.41) is 3.33. The van der Waals surface area contributed by atoms with Crippen LogP contribution in [-0.2, 0) is 4.79 Å². The zero-order chi connectivity index (χ0) is 13.2. The summed E-state index contributed by atoms with van der Waals surface area (Å²) < 4.78 is 0. The van der Waals surface area contributed by atoms with E-state index in [-0.39, 0.29) is 6.04 Å². The van der Waals surface area contributed by atoms with E-state index in [1.807, 2.05) is 4.90 Å². The number of amides is 1. The minimum Gasteiger partial charge on any atom is -0.341 e. The van der Waals surface area contributed by atoms with Gasteiger partial charge in [-0.2, -0.15) is 0 Å². The van der Waals surface area contributed by atoms with Crippen molar-refractivity contribution in [2.45, 2.75) is 31.8 Å². The van der Waals surface area contributed by atoms with Crippen LogP contribution in [0.25, 0.3) is 0 Å². The molecule has 1 unspecified atom stereocenters. The standard InChI is InChI=1S/C14H26N4O/c1-12(14(19)18-4-2-3-5-18)16-6-8-17(9-7-16)13-10-15-11-13/h12-13,15H,2-11H2,1H3. The Morgan fingerprint density at radius 3 is 2.21 bits per heavy atom. The van der Waals surface area contributed by atoms with Crippen molar-refractivity contribution in [3.05, 3.63) is 0 Å². The molecule has 3 fully saturated rings. The van der Waals surface area contributed by atoms with Gasteiger partial charge >= 0.3 is 0 Å². The monoisotopic (exact) mass is 266 g/mol. The Kier molecular flexibility index (Phi) is 4.05. The summed E-state index contributed by atoms with van der Waals surface area (Å²) in [6.07, 6.45) is 2.36. The Morgan fingerprint density at radius 1 is 1.05 bits per heavy atom. The first-order chi connectivity index (χ1) is 9.25. The molecule has 3 aliphatic rings. The van der Waals surface area contributed by atoms with Crippen molar-refractivity contribution in [1.29, 1.82) is 0 Å². The van der Waals surface area contributed by atoms with Crippen molar-refractivity contribution in [2.24, 2.45) is 0 Å². The van der Waals surface area contributed by atoms with Gasteiger partial charge in [0.05, 0.1) is 6.04 Å². The lowest BCUT2D eigenvalue weighted by molar-refractivity contribution is -0.136. The van der Waals surface area contributed by atoms with Crippen LogP contribution < -0.4 is 5.32 Å². The summed E-state index contributed by atoms with van der Waals surface area (Å²) >= 11 is 0. The first-order valence-electron chi connectivity index (χ1n) is 7.73. The Hall–Kier alpha value is -0.650. The first kappa shape index (κ1) is 13.3. The molecule has 0 aliphatic carbocycles. The van der Waals surface area contributed by atoms with Crippen LogP contribution in [0.3, 0.4) is 0 Å². The van der Waals surface area contributed by atoms with E-state index in [0.29, 0.717) is 5.91 Å². The van der Waals surface area contributed by atoms with Crippen LogP contribution >= 0.6 is 0 Å². The molecule has 108 valence electrons. The minimum absolute atomic E-state index is 0.0692. The maximum atomic E-state index is 12.4. The Labute approximate surface area is 115 Å². The predicted octanol–water partition coefficient (Wildman–Crippen LogP) is -0.413. The molecule has 0 aromatic carbocycles. The van der Waals surface area contributed by atoms with E-state index in [4.69, 9.17) is 0 Å². The number of hydrogen-bond donors (Lipinski definition) is 1. The van der Waals surface area contributed by atoms with Crippen molar-refractivity contribution in [3.8, 4) is 0 Å². The minimum atomic E-state index is 0.0692. The third kappa shape index (κ3) is 2.78. The topological polar surface area (TPSA) is 38.8 Å². The molecule has 3 saturated heterocycles. The van der Waals surface area contributed by atoms with Gasteiger partial charge in [0.2, 0.25) is 5.91 Å². The van der Waals surface area contributed by atoms with Crippen LogP contribution in [0.15, 0.2) is 0 Å². The average Bonchev–Trinajstić information content (AvgIpc) is 2.90. The van der Waals surface area contributed by atoms with Crippen LogP contribution in [0.5, 0.6) is 0 Å². The molecule has 3 aliphatic heterocycles. The highest BCUT2D eigenvalue weighted by molar-refractivity contribution is 5.81.